The Morgan fingerprint density at radius 3 is 2.53 bits per heavy atom. The molecule has 1 saturated carbocycles. The largest absolute Gasteiger partial charge is 0.481 e. The highest BCUT2D eigenvalue weighted by Gasteiger charge is 2.40. The van der Waals surface area contributed by atoms with Crippen molar-refractivity contribution in [2.45, 2.75) is 25.7 Å². The van der Waals surface area contributed by atoms with E-state index in [1.165, 1.54) is 5.06 Å². The molecule has 1 amide bonds. The fourth-order valence-electron chi connectivity index (χ4n) is 2.36. The van der Waals surface area contributed by atoms with Crippen LogP contribution in [0, 0.1) is 11.8 Å². The summed E-state index contributed by atoms with van der Waals surface area (Å²) < 4.78 is 0. The van der Waals surface area contributed by atoms with Gasteiger partial charge in [-0.15, -0.1) is 0 Å². The molecule has 1 N–H and O–H groups in total. The Morgan fingerprint density at radius 1 is 1.20 bits per heavy atom. The van der Waals surface area contributed by atoms with Crippen molar-refractivity contribution in [3.8, 4) is 0 Å². The fourth-order valence-corrected chi connectivity index (χ4v) is 2.36. The molecule has 1 saturated heterocycles. The maximum absolute atomic E-state index is 11.9. The van der Waals surface area contributed by atoms with E-state index in [0.29, 0.717) is 26.0 Å². The Balaban J connectivity index is 2.02. The van der Waals surface area contributed by atoms with Gasteiger partial charge in [-0.25, -0.2) is 5.06 Å². The topological polar surface area (TPSA) is 66.8 Å². The van der Waals surface area contributed by atoms with Crippen LogP contribution in [-0.2, 0) is 14.4 Å². The molecule has 0 aromatic heterocycles. The Bertz CT molecular complexity index is 273. The Morgan fingerprint density at radius 2 is 1.93 bits per heavy atom. The number of carboxylic acid groups (broad SMARTS) is 1. The lowest BCUT2D eigenvalue weighted by molar-refractivity contribution is -0.176. The minimum Gasteiger partial charge on any atom is -0.481 e. The molecule has 2 fully saturated rings. The summed E-state index contributed by atoms with van der Waals surface area (Å²) in [4.78, 5) is 28.0. The quantitative estimate of drug-likeness (QED) is 0.731. The van der Waals surface area contributed by atoms with Gasteiger partial charge in [0.05, 0.1) is 25.0 Å². The summed E-state index contributed by atoms with van der Waals surface area (Å²) in [6.07, 6.45) is 2.95. The Kier molecular flexibility index (Phi) is 2.90. The van der Waals surface area contributed by atoms with Crippen LogP contribution < -0.4 is 0 Å². The molecule has 1 heterocycles. The number of hydrogen-bond acceptors (Lipinski definition) is 3. The molecule has 1 aliphatic heterocycles. The van der Waals surface area contributed by atoms with Crippen LogP contribution in [0.1, 0.15) is 25.7 Å². The fraction of sp³-hybridized carbons (Fsp3) is 0.800. The number of aliphatic carboxylic acids is 1. The van der Waals surface area contributed by atoms with Gasteiger partial charge in [0.15, 0.2) is 0 Å². The van der Waals surface area contributed by atoms with Gasteiger partial charge in [-0.2, -0.15) is 0 Å². The maximum Gasteiger partial charge on any atom is 0.307 e. The van der Waals surface area contributed by atoms with Crippen LogP contribution in [-0.4, -0.2) is 35.2 Å². The van der Waals surface area contributed by atoms with E-state index in [0.717, 1.165) is 12.8 Å². The van der Waals surface area contributed by atoms with Gasteiger partial charge in [-0.1, -0.05) is 6.42 Å². The first-order valence-electron chi connectivity index (χ1n) is 5.37. The molecule has 84 valence electrons. The van der Waals surface area contributed by atoms with Gasteiger partial charge in [-0.05, 0) is 19.3 Å². The summed E-state index contributed by atoms with van der Waals surface area (Å²) in [6.45, 7) is 1.16. The highest BCUT2D eigenvalue weighted by molar-refractivity contribution is 5.84. The molecule has 2 aliphatic rings. The lowest BCUT2D eigenvalue weighted by atomic mass is 9.95. The van der Waals surface area contributed by atoms with E-state index < -0.39 is 11.9 Å². The molecule has 2 atom stereocenters. The van der Waals surface area contributed by atoms with Crippen molar-refractivity contribution in [3.63, 3.8) is 0 Å². The average molecular weight is 213 g/mol. The summed E-state index contributed by atoms with van der Waals surface area (Å²) in [5.74, 6) is -1.88. The summed E-state index contributed by atoms with van der Waals surface area (Å²) in [5.41, 5.74) is 0. The van der Waals surface area contributed by atoms with Crippen molar-refractivity contribution in [2.24, 2.45) is 11.8 Å². The molecule has 0 bridgehead atoms. The monoisotopic (exact) mass is 213 g/mol. The molecule has 0 spiro atoms. The Labute approximate surface area is 88.0 Å². The summed E-state index contributed by atoms with van der Waals surface area (Å²) in [7, 11) is 0. The zero-order valence-corrected chi connectivity index (χ0v) is 8.52. The average Bonchev–Trinajstić information content (AvgIpc) is 2.88. The standard InChI is InChI=1S/C10H15NO4/c12-9(11-5-2-6-15-11)7-3-1-4-8(7)10(13)14/h7-8H,1-6H2,(H,13,14). The number of carbonyl (C=O) groups excluding carboxylic acids is 1. The molecule has 0 aromatic carbocycles. The van der Waals surface area contributed by atoms with Crippen molar-refractivity contribution >= 4 is 11.9 Å². The molecule has 15 heavy (non-hydrogen) atoms. The number of hydroxylamine groups is 2. The second kappa shape index (κ2) is 4.18. The van der Waals surface area contributed by atoms with Crippen LogP contribution in [0.25, 0.3) is 0 Å². The summed E-state index contributed by atoms with van der Waals surface area (Å²) in [5, 5.41) is 10.3. The number of carboxylic acids is 1. The van der Waals surface area contributed by atoms with E-state index in [4.69, 9.17) is 9.94 Å². The van der Waals surface area contributed by atoms with E-state index >= 15 is 0 Å². The highest BCUT2D eigenvalue weighted by atomic mass is 16.7. The van der Waals surface area contributed by atoms with Crippen LogP contribution in [0.4, 0.5) is 0 Å². The van der Waals surface area contributed by atoms with Crippen LogP contribution in [0.5, 0.6) is 0 Å². The first-order chi connectivity index (χ1) is 7.20. The van der Waals surface area contributed by atoms with Crippen molar-refractivity contribution in [2.75, 3.05) is 13.2 Å². The normalized spacial score (nSPS) is 30.8. The smallest absolute Gasteiger partial charge is 0.307 e. The SMILES string of the molecule is O=C(O)C1CCCC1C(=O)N1CCCO1. The minimum atomic E-state index is -0.856. The molecular weight excluding hydrogens is 198 g/mol. The molecule has 5 nitrogen and oxygen atoms in total. The molecular formula is C10H15NO4. The second-order valence-electron chi connectivity index (χ2n) is 4.11. The highest BCUT2D eigenvalue weighted by Crippen LogP contribution is 2.33. The first kappa shape index (κ1) is 10.4. The zero-order valence-electron chi connectivity index (χ0n) is 8.52. The first-order valence-corrected chi connectivity index (χ1v) is 5.37. The Hall–Kier alpha value is -1.10. The minimum absolute atomic E-state index is 0.141. The van der Waals surface area contributed by atoms with Crippen molar-refractivity contribution in [3.05, 3.63) is 0 Å². The van der Waals surface area contributed by atoms with E-state index in [1.54, 1.807) is 0 Å². The van der Waals surface area contributed by atoms with Gasteiger partial charge in [0.25, 0.3) is 0 Å². The lowest BCUT2D eigenvalue weighted by Crippen LogP contribution is -2.36. The third-order valence-corrected chi connectivity index (χ3v) is 3.15. The van der Waals surface area contributed by atoms with Crippen molar-refractivity contribution in [1.82, 2.24) is 5.06 Å². The van der Waals surface area contributed by atoms with Crippen LogP contribution in [0.2, 0.25) is 0 Å². The van der Waals surface area contributed by atoms with E-state index in [2.05, 4.69) is 0 Å². The van der Waals surface area contributed by atoms with Crippen molar-refractivity contribution < 1.29 is 19.5 Å². The van der Waals surface area contributed by atoms with Crippen LogP contribution in [0.3, 0.4) is 0 Å². The molecule has 0 radical (unpaired) electrons. The van der Waals surface area contributed by atoms with E-state index in [1.807, 2.05) is 0 Å². The second-order valence-corrected chi connectivity index (χ2v) is 4.11. The van der Waals surface area contributed by atoms with Gasteiger partial charge in [0.1, 0.15) is 0 Å². The van der Waals surface area contributed by atoms with E-state index in [-0.39, 0.29) is 11.8 Å². The van der Waals surface area contributed by atoms with Gasteiger partial charge in [0.2, 0.25) is 5.91 Å². The maximum atomic E-state index is 11.9. The van der Waals surface area contributed by atoms with Crippen molar-refractivity contribution in [1.29, 1.82) is 0 Å². The van der Waals surface area contributed by atoms with Crippen LogP contribution in [0.15, 0.2) is 0 Å². The number of carbonyl (C=O) groups is 2. The third kappa shape index (κ3) is 1.97. The van der Waals surface area contributed by atoms with Gasteiger partial charge in [0, 0.05) is 0 Å². The molecule has 2 rings (SSSR count). The zero-order chi connectivity index (χ0) is 10.8. The summed E-state index contributed by atoms with van der Waals surface area (Å²) in [6, 6.07) is 0. The number of amides is 1. The summed E-state index contributed by atoms with van der Waals surface area (Å²) >= 11 is 0. The predicted molar refractivity (Wildman–Crippen MR) is 50.7 cm³/mol. The number of rotatable bonds is 2. The molecule has 5 heteroatoms. The van der Waals surface area contributed by atoms with Gasteiger partial charge < -0.3 is 5.11 Å². The predicted octanol–water partition coefficient (Wildman–Crippen LogP) is 0.651. The molecule has 2 unspecified atom stereocenters. The molecule has 0 aromatic rings. The van der Waals surface area contributed by atoms with E-state index in [9.17, 15) is 9.59 Å². The van der Waals surface area contributed by atoms with Gasteiger partial charge >= 0.3 is 5.97 Å². The lowest BCUT2D eigenvalue weighted by Gasteiger charge is -2.21. The van der Waals surface area contributed by atoms with Crippen LogP contribution >= 0.6 is 0 Å². The number of nitrogens with zero attached hydrogens (tertiary/aromatic N) is 1. The third-order valence-electron chi connectivity index (χ3n) is 3.15. The molecule has 1 aliphatic carbocycles. The number of hydrogen-bond donors (Lipinski definition) is 1. The van der Waals surface area contributed by atoms with Gasteiger partial charge in [-0.3, -0.25) is 14.4 Å².